The van der Waals surface area contributed by atoms with Crippen molar-refractivity contribution in [3.63, 3.8) is 0 Å². The van der Waals surface area contributed by atoms with E-state index in [4.69, 9.17) is 0 Å². The summed E-state index contributed by atoms with van der Waals surface area (Å²) in [5, 5.41) is 3.79. The molecule has 4 rings (SSSR count). The molecule has 2 aromatic heterocycles. The van der Waals surface area contributed by atoms with Gasteiger partial charge in [0.1, 0.15) is 10.9 Å². The van der Waals surface area contributed by atoms with Crippen LogP contribution in [0.15, 0.2) is 35.4 Å². The van der Waals surface area contributed by atoms with Gasteiger partial charge in [-0.15, -0.1) is 11.3 Å². The number of anilines is 1. The predicted molar refractivity (Wildman–Crippen MR) is 137 cm³/mol. The minimum absolute atomic E-state index is 0.0918. The molecule has 33 heavy (non-hydrogen) atoms. The van der Waals surface area contributed by atoms with Crippen LogP contribution in [0.1, 0.15) is 82.3 Å². The molecule has 0 aliphatic heterocycles. The Kier molecular flexibility index (Phi) is 6.50. The molecule has 2 unspecified atom stereocenters. The summed E-state index contributed by atoms with van der Waals surface area (Å²) in [5.41, 5.74) is 3.20. The maximum atomic E-state index is 13.6. The van der Waals surface area contributed by atoms with E-state index in [1.54, 1.807) is 22.2 Å². The molecule has 1 N–H and O–H groups in total. The molecule has 0 saturated carbocycles. The van der Waals surface area contributed by atoms with E-state index in [9.17, 15) is 9.59 Å². The number of fused-ring (bicyclic) bond motifs is 3. The number of thiophene rings is 1. The first-order valence-electron chi connectivity index (χ1n) is 12.0. The number of benzene rings is 1. The molecule has 0 spiro atoms. The highest BCUT2D eigenvalue weighted by Crippen LogP contribution is 2.42. The maximum Gasteiger partial charge on any atom is 0.263 e. The molecule has 5 nitrogen and oxygen atoms in total. The first-order valence-corrected chi connectivity index (χ1v) is 12.8. The number of carbonyl (C=O) groups excluding carboxylic acids is 1. The van der Waals surface area contributed by atoms with E-state index >= 15 is 0 Å². The molecule has 0 radical (unpaired) electrons. The quantitative estimate of drug-likeness (QED) is 0.479. The third-order valence-electron chi connectivity index (χ3n) is 7.09. The average Bonchev–Trinajstić information content (AvgIpc) is 3.14. The SMILES string of the molecule is CCC(C(=O)Nc1ccccc1C(C)C)n1cnc2sc3c(c2c1=O)CCC(C(C)(C)C)C3. The van der Waals surface area contributed by atoms with Crippen molar-refractivity contribution in [2.75, 3.05) is 5.32 Å². The molecule has 0 saturated heterocycles. The van der Waals surface area contributed by atoms with Crippen molar-refractivity contribution in [2.24, 2.45) is 11.3 Å². The molecule has 2 atom stereocenters. The third kappa shape index (κ3) is 4.50. The highest BCUT2D eigenvalue weighted by molar-refractivity contribution is 7.18. The van der Waals surface area contributed by atoms with Gasteiger partial charge in [0.25, 0.3) is 5.56 Å². The summed E-state index contributed by atoms with van der Waals surface area (Å²) in [6.07, 6.45) is 5.07. The van der Waals surface area contributed by atoms with Crippen molar-refractivity contribution in [1.82, 2.24) is 9.55 Å². The minimum atomic E-state index is -0.601. The van der Waals surface area contributed by atoms with Crippen molar-refractivity contribution >= 4 is 33.1 Å². The van der Waals surface area contributed by atoms with E-state index in [0.717, 1.165) is 46.3 Å². The number of aromatic nitrogens is 2. The average molecular weight is 466 g/mol. The van der Waals surface area contributed by atoms with Gasteiger partial charge >= 0.3 is 0 Å². The number of hydrogen-bond acceptors (Lipinski definition) is 4. The highest BCUT2D eigenvalue weighted by atomic mass is 32.1. The van der Waals surface area contributed by atoms with E-state index in [1.807, 2.05) is 31.2 Å². The molecule has 2 heterocycles. The lowest BCUT2D eigenvalue weighted by Gasteiger charge is -2.33. The van der Waals surface area contributed by atoms with E-state index < -0.39 is 6.04 Å². The lowest BCUT2D eigenvalue weighted by atomic mass is 9.72. The fraction of sp³-hybridized carbons (Fsp3) is 0.519. The van der Waals surface area contributed by atoms with Gasteiger partial charge in [-0.05, 0) is 60.1 Å². The molecule has 0 fully saturated rings. The smallest absolute Gasteiger partial charge is 0.263 e. The Morgan fingerprint density at radius 1 is 1.27 bits per heavy atom. The summed E-state index contributed by atoms with van der Waals surface area (Å²) in [5.74, 6) is 0.720. The van der Waals surface area contributed by atoms with Gasteiger partial charge < -0.3 is 5.32 Å². The third-order valence-corrected chi connectivity index (χ3v) is 8.25. The molecule has 1 amide bonds. The molecule has 1 aliphatic carbocycles. The van der Waals surface area contributed by atoms with Crippen molar-refractivity contribution in [1.29, 1.82) is 0 Å². The Morgan fingerprint density at radius 3 is 2.67 bits per heavy atom. The topological polar surface area (TPSA) is 64.0 Å². The van der Waals surface area contributed by atoms with Gasteiger partial charge in [0.15, 0.2) is 0 Å². The van der Waals surface area contributed by atoms with Crippen molar-refractivity contribution < 1.29 is 4.79 Å². The summed E-state index contributed by atoms with van der Waals surface area (Å²) >= 11 is 1.65. The van der Waals surface area contributed by atoms with Gasteiger partial charge in [-0.2, -0.15) is 0 Å². The number of amides is 1. The lowest BCUT2D eigenvalue weighted by Crippen LogP contribution is -2.33. The van der Waals surface area contributed by atoms with Gasteiger partial charge in [-0.3, -0.25) is 14.2 Å². The van der Waals surface area contributed by atoms with Crippen LogP contribution in [0.2, 0.25) is 0 Å². The minimum Gasteiger partial charge on any atom is -0.324 e. The van der Waals surface area contributed by atoms with Crippen LogP contribution < -0.4 is 10.9 Å². The Bertz CT molecular complexity index is 1230. The standard InChI is InChI=1S/C27H35N3O2S/c1-7-21(24(31)29-20-11-9-8-10-18(20)16(2)3)30-15-28-25-23(26(30)32)19-13-12-17(27(4,5)6)14-22(19)33-25/h8-11,15-17,21H,7,12-14H2,1-6H3,(H,29,31). The van der Waals surface area contributed by atoms with Gasteiger partial charge in [-0.1, -0.05) is 59.7 Å². The lowest BCUT2D eigenvalue weighted by molar-refractivity contribution is -0.119. The Balaban J connectivity index is 1.68. The molecule has 6 heteroatoms. The number of hydrogen-bond donors (Lipinski definition) is 1. The number of para-hydroxylation sites is 1. The van der Waals surface area contributed by atoms with Crippen LogP contribution in [0.3, 0.4) is 0 Å². The Hall–Kier alpha value is -2.47. The molecule has 3 aromatic rings. The van der Waals surface area contributed by atoms with Crippen LogP contribution in [0.4, 0.5) is 5.69 Å². The molecule has 176 valence electrons. The number of aryl methyl sites for hydroxylation is 1. The second-order valence-corrected chi connectivity index (χ2v) is 11.7. The summed E-state index contributed by atoms with van der Waals surface area (Å²) in [6, 6.07) is 7.25. The van der Waals surface area contributed by atoms with E-state index in [1.165, 1.54) is 4.88 Å². The molecule has 1 aliphatic rings. The molecular formula is C27H35N3O2S. The van der Waals surface area contributed by atoms with Gasteiger partial charge in [0.2, 0.25) is 5.91 Å². The molecular weight excluding hydrogens is 430 g/mol. The van der Waals surface area contributed by atoms with Gasteiger partial charge in [0, 0.05) is 10.6 Å². The fourth-order valence-corrected chi connectivity index (χ4v) is 6.24. The van der Waals surface area contributed by atoms with Gasteiger partial charge in [-0.25, -0.2) is 4.98 Å². The van der Waals surface area contributed by atoms with Crippen LogP contribution in [0.25, 0.3) is 10.2 Å². The second kappa shape index (κ2) is 9.05. The number of rotatable bonds is 5. The second-order valence-electron chi connectivity index (χ2n) is 10.6. The largest absolute Gasteiger partial charge is 0.324 e. The zero-order chi connectivity index (χ0) is 23.9. The van der Waals surface area contributed by atoms with Crippen LogP contribution in [-0.4, -0.2) is 15.5 Å². The fourth-order valence-electron chi connectivity index (χ4n) is 4.98. The monoisotopic (exact) mass is 465 g/mol. The number of nitrogens with zero attached hydrogens (tertiary/aromatic N) is 2. The maximum absolute atomic E-state index is 13.6. The number of nitrogens with one attached hydrogen (secondary N) is 1. The van der Waals surface area contributed by atoms with Crippen molar-refractivity contribution in [2.45, 2.75) is 79.2 Å². The summed E-state index contributed by atoms with van der Waals surface area (Å²) < 4.78 is 1.54. The Morgan fingerprint density at radius 2 is 2.00 bits per heavy atom. The van der Waals surface area contributed by atoms with E-state index in [2.05, 4.69) is 44.9 Å². The van der Waals surface area contributed by atoms with Crippen LogP contribution >= 0.6 is 11.3 Å². The Labute approximate surface area is 200 Å². The van der Waals surface area contributed by atoms with E-state index in [0.29, 0.717) is 12.3 Å². The zero-order valence-corrected chi connectivity index (χ0v) is 21.4. The summed E-state index contributed by atoms with van der Waals surface area (Å²) in [6.45, 7) is 13.0. The highest BCUT2D eigenvalue weighted by Gasteiger charge is 2.32. The van der Waals surface area contributed by atoms with Crippen molar-refractivity contribution in [3.8, 4) is 0 Å². The zero-order valence-electron chi connectivity index (χ0n) is 20.6. The first-order chi connectivity index (χ1) is 15.6. The van der Waals surface area contributed by atoms with Crippen LogP contribution in [0, 0.1) is 11.3 Å². The van der Waals surface area contributed by atoms with Gasteiger partial charge in [0.05, 0.1) is 11.7 Å². The number of carbonyl (C=O) groups is 1. The summed E-state index contributed by atoms with van der Waals surface area (Å²) in [4.78, 5) is 33.6. The normalized spacial score (nSPS) is 17.2. The predicted octanol–water partition coefficient (Wildman–Crippen LogP) is 6.32. The van der Waals surface area contributed by atoms with Crippen molar-refractivity contribution in [3.05, 3.63) is 57.0 Å². The summed E-state index contributed by atoms with van der Waals surface area (Å²) in [7, 11) is 0. The van der Waals surface area contributed by atoms with E-state index in [-0.39, 0.29) is 22.8 Å². The van der Waals surface area contributed by atoms with Crippen LogP contribution in [-0.2, 0) is 17.6 Å². The van der Waals surface area contributed by atoms with Crippen LogP contribution in [0.5, 0.6) is 0 Å². The molecule has 1 aromatic carbocycles. The first kappa shape index (κ1) is 23.7. The molecule has 0 bridgehead atoms.